The van der Waals surface area contributed by atoms with Crippen LogP contribution >= 0.6 is 15.9 Å². The van der Waals surface area contributed by atoms with Crippen molar-refractivity contribution in [1.82, 2.24) is 5.32 Å². The average molecular weight is 294 g/mol. The van der Waals surface area contributed by atoms with Gasteiger partial charge in [-0.1, -0.05) is 30.3 Å². The Morgan fingerprint density at radius 1 is 1.44 bits per heavy atom. The van der Waals surface area contributed by atoms with Crippen molar-refractivity contribution in [3.8, 4) is 0 Å². The van der Waals surface area contributed by atoms with Gasteiger partial charge < -0.3 is 10.4 Å². The number of carbonyl (C=O) groups excluding carboxylic acids is 1. The van der Waals surface area contributed by atoms with Gasteiger partial charge in [-0.15, -0.1) is 0 Å². The number of rotatable bonds is 4. The lowest BCUT2D eigenvalue weighted by atomic mass is 10.1. The monoisotopic (exact) mass is 293 g/mol. The first kappa shape index (κ1) is 13.1. The molecule has 1 aromatic rings. The van der Waals surface area contributed by atoms with Gasteiger partial charge in [0.2, 0.25) is 0 Å². The third kappa shape index (κ3) is 3.86. The van der Waals surface area contributed by atoms with E-state index in [1.807, 2.05) is 21.2 Å². The van der Waals surface area contributed by atoms with Crippen LogP contribution in [0.25, 0.3) is 0 Å². The zero-order chi connectivity index (χ0) is 12.2. The Hall–Kier alpha value is -1.01. The Morgan fingerprint density at radius 2 is 2.00 bits per heavy atom. The van der Waals surface area contributed by atoms with Gasteiger partial charge >= 0.3 is 10.7 Å². The number of nitrogens with one attached hydrogen (secondary N) is 1. The minimum atomic E-state index is -3.61. The van der Waals surface area contributed by atoms with Crippen molar-refractivity contribution in [2.75, 3.05) is 6.54 Å². The summed E-state index contributed by atoms with van der Waals surface area (Å²) in [5, 5.41) is 11.5. The quantitative estimate of drug-likeness (QED) is 0.832. The fourth-order valence-corrected chi connectivity index (χ4v) is 1.22. The third-order valence-corrected chi connectivity index (χ3v) is 2.26. The molecule has 2 N–H and O–H groups in total. The Morgan fingerprint density at radius 3 is 2.50 bits per heavy atom. The number of alkyl halides is 3. The summed E-state index contributed by atoms with van der Waals surface area (Å²) in [6.07, 6.45) is -1.00. The molecule has 0 unspecified atom stereocenters. The fraction of sp³-hybridized carbons (Fsp3) is 0.300. The molecule has 0 radical (unpaired) electrons. The smallest absolute Gasteiger partial charge is 0.377 e. The number of amides is 1. The van der Waals surface area contributed by atoms with Gasteiger partial charge in [0.05, 0.1) is 6.10 Å². The Bertz CT molecular complexity index is 354. The van der Waals surface area contributed by atoms with E-state index in [0.29, 0.717) is 5.56 Å². The molecule has 0 saturated heterocycles. The number of halogens is 3. The van der Waals surface area contributed by atoms with Crippen molar-refractivity contribution in [1.29, 1.82) is 0 Å². The van der Waals surface area contributed by atoms with Crippen molar-refractivity contribution >= 4 is 21.8 Å². The third-order valence-electron chi connectivity index (χ3n) is 1.90. The predicted molar refractivity (Wildman–Crippen MR) is 58.3 cm³/mol. The summed E-state index contributed by atoms with van der Waals surface area (Å²) in [4.78, 5) is 7.17. The van der Waals surface area contributed by atoms with E-state index < -0.39 is 16.8 Å². The average Bonchev–Trinajstić information content (AvgIpc) is 2.25. The summed E-state index contributed by atoms with van der Waals surface area (Å²) >= 11 is 1.92. The van der Waals surface area contributed by atoms with Gasteiger partial charge in [-0.3, -0.25) is 4.79 Å². The van der Waals surface area contributed by atoms with Gasteiger partial charge in [0.25, 0.3) is 0 Å². The first-order valence-corrected chi connectivity index (χ1v) is 5.28. The van der Waals surface area contributed by atoms with Crippen molar-refractivity contribution in [3.05, 3.63) is 35.9 Å². The van der Waals surface area contributed by atoms with Crippen molar-refractivity contribution in [3.63, 3.8) is 0 Å². The highest BCUT2D eigenvalue weighted by molar-refractivity contribution is 9.10. The van der Waals surface area contributed by atoms with Crippen molar-refractivity contribution in [2.24, 2.45) is 0 Å². The molecule has 6 heteroatoms. The van der Waals surface area contributed by atoms with E-state index in [0.717, 1.165) is 0 Å². The fourth-order valence-electron chi connectivity index (χ4n) is 1.08. The predicted octanol–water partition coefficient (Wildman–Crippen LogP) is 1.82. The molecule has 1 aromatic carbocycles. The molecule has 0 aliphatic rings. The summed E-state index contributed by atoms with van der Waals surface area (Å²) in [6, 6.07) is 8.46. The van der Waals surface area contributed by atoms with Gasteiger partial charge in [-0.25, -0.2) is 0 Å². The lowest BCUT2D eigenvalue weighted by Gasteiger charge is -2.13. The first-order chi connectivity index (χ1) is 7.41. The van der Waals surface area contributed by atoms with E-state index in [-0.39, 0.29) is 6.54 Å². The molecule has 0 bridgehead atoms. The molecular weight excluding hydrogens is 284 g/mol. The first-order valence-electron chi connectivity index (χ1n) is 4.49. The van der Waals surface area contributed by atoms with Crippen LogP contribution in [0, 0.1) is 0 Å². The van der Waals surface area contributed by atoms with Crippen LogP contribution in [0.15, 0.2) is 30.3 Å². The topological polar surface area (TPSA) is 49.3 Å². The van der Waals surface area contributed by atoms with Crippen LogP contribution in [0.2, 0.25) is 0 Å². The zero-order valence-electron chi connectivity index (χ0n) is 8.16. The van der Waals surface area contributed by atoms with Gasteiger partial charge in [-0.2, -0.15) is 8.78 Å². The Kier molecular flexibility index (Phi) is 4.37. The summed E-state index contributed by atoms with van der Waals surface area (Å²) < 4.78 is 24.8. The molecule has 0 fully saturated rings. The number of hydrogen-bond acceptors (Lipinski definition) is 2. The Labute approximate surface area is 99.6 Å². The van der Waals surface area contributed by atoms with E-state index in [4.69, 9.17) is 0 Å². The molecule has 0 aliphatic carbocycles. The molecule has 1 atom stereocenters. The molecule has 0 spiro atoms. The zero-order valence-corrected chi connectivity index (χ0v) is 9.75. The van der Waals surface area contributed by atoms with Crippen LogP contribution in [-0.4, -0.2) is 22.4 Å². The normalized spacial score (nSPS) is 13.2. The molecule has 0 aliphatic heterocycles. The maximum absolute atomic E-state index is 12.4. The van der Waals surface area contributed by atoms with Crippen molar-refractivity contribution in [2.45, 2.75) is 10.9 Å². The lowest BCUT2D eigenvalue weighted by Crippen LogP contribution is -2.37. The maximum Gasteiger partial charge on any atom is 0.377 e. The molecule has 3 nitrogen and oxygen atoms in total. The number of benzene rings is 1. The molecule has 0 aromatic heterocycles. The van der Waals surface area contributed by atoms with E-state index in [1.165, 1.54) is 0 Å². The highest BCUT2D eigenvalue weighted by Crippen LogP contribution is 2.21. The van der Waals surface area contributed by atoms with Gasteiger partial charge in [-0.05, 0) is 5.56 Å². The second-order valence-electron chi connectivity index (χ2n) is 3.13. The second kappa shape index (κ2) is 5.36. The standard InChI is InChI=1S/C10H10BrF2NO2/c11-10(12,13)9(16)14-6-8(15)7-4-2-1-3-5-7/h1-5,8,15H,6H2,(H,14,16)/t8-/m0/s1. The van der Waals surface area contributed by atoms with E-state index in [2.05, 4.69) is 0 Å². The molecule has 1 amide bonds. The van der Waals surface area contributed by atoms with Gasteiger partial charge in [0, 0.05) is 22.5 Å². The molecular formula is C10H10BrF2NO2. The van der Waals surface area contributed by atoms with E-state index >= 15 is 0 Å². The highest BCUT2D eigenvalue weighted by atomic mass is 79.9. The van der Waals surface area contributed by atoms with Crippen molar-refractivity contribution < 1.29 is 18.7 Å². The Balaban J connectivity index is 2.48. The van der Waals surface area contributed by atoms with Gasteiger partial charge in [0.15, 0.2) is 0 Å². The molecule has 1 rings (SSSR count). The number of aliphatic hydroxyl groups excluding tert-OH is 1. The van der Waals surface area contributed by atoms with Crippen LogP contribution in [0.3, 0.4) is 0 Å². The largest absolute Gasteiger partial charge is 0.387 e. The number of carbonyl (C=O) groups is 1. The minimum Gasteiger partial charge on any atom is -0.387 e. The molecule has 0 heterocycles. The van der Waals surface area contributed by atoms with Crippen LogP contribution < -0.4 is 5.32 Å². The molecule has 88 valence electrons. The lowest BCUT2D eigenvalue weighted by molar-refractivity contribution is -0.134. The minimum absolute atomic E-state index is 0.260. The van der Waals surface area contributed by atoms with Crippen LogP contribution in [0.4, 0.5) is 8.78 Å². The summed E-state index contributed by atoms with van der Waals surface area (Å²) in [5.74, 6) is -1.47. The molecule has 16 heavy (non-hydrogen) atoms. The van der Waals surface area contributed by atoms with Gasteiger partial charge in [0.1, 0.15) is 0 Å². The second-order valence-corrected chi connectivity index (χ2v) is 4.13. The maximum atomic E-state index is 12.4. The highest BCUT2D eigenvalue weighted by Gasteiger charge is 2.34. The summed E-state index contributed by atoms with van der Waals surface area (Å²) in [5.41, 5.74) is 0.556. The summed E-state index contributed by atoms with van der Waals surface area (Å²) in [7, 11) is 0. The summed E-state index contributed by atoms with van der Waals surface area (Å²) in [6.45, 7) is -0.260. The molecule has 0 saturated carbocycles. The van der Waals surface area contributed by atoms with E-state index in [1.54, 1.807) is 30.3 Å². The van der Waals surface area contributed by atoms with E-state index in [9.17, 15) is 18.7 Å². The van der Waals surface area contributed by atoms with Crippen LogP contribution in [0.5, 0.6) is 0 Å². The number of hydrogen-bond donors (Lipinski definition) is 2. The number of aliphatic hydroxyl groups is 1. The van der Waals surface area contributed by atoms with Crippen LogP contribution in [0.1, 0.15) is 11.7 Å². The SMILES string of the molecule is O=C(NC[C@H](O)c1ccccc1)C(F)(F)Br. The van der Waals surface area contributed by atoms with Crippen LogP contribution in [-0.2, 0) is 4.79 Å².